The maximum Gasteiger partial charge on any atom is 0.145 e. The molecule has 0 amide bonds. The van der Waals surface area contributed by atoms with Crippen molar-refractivity contribution in [2.24, 2.45) is 0 Å². The van der Waals surface area contributed by atoms with Gasteiger partial charge in [0, 0.05) is 12.1 Å². The molecule has 2 aromatic carbocycles. The largest absolute Gasteiger partial charge is 0.496 e. The number of ether oxygens (including phenoxy) is 1. The predicted octanol–water partition coefficient (Wildman–Crippen LogP) is 3.52. The summed E-state index contributed by atoms with van der Waals surface area (Å²) >= 11 is 0. The summed E-state index contributed by atoms with van der Waals surface area (Å²) in [5, 5.41) is 0. The van der Waals surface area contributed by atoms with Crippen molar-refractivity contribution in [2.75, 3.05) is 7.11 Å². The fraction of sp³-hybridized carbons (Fsp3) is 0.0714. The first-order chi connectivity index (χ1) is 9.19. The number of nitrogens with zero attached hydrogens (tertiary/aromatic N) is 1. The molecule has 0 spiro atoms. The van der Waals surface area contributed by atoms with Crippen molar-refractivity contribution < 1.29 is 13.5 Å². The number of halogens is 2. The van der Waals surface area contributed by atoms with Gasteiger partial charge in [-0.1, -0.05) is 12.1 Å². The van der Waals surface area contributed by atoms with Crippen LogP contribution < -0.4 is 4.74 Å². The van der Waals surface area contributed by atoms with Gasteiger partial charge in [-0.2, -0.15) is 0 Å². The van der Waals surface area contributed by atoms with Crippen LogP contribution in [0.1, 0.15) is 0 Å². The van der Waals surface area contributed by atoms with Gasteiger partial charge in [0.1, 0.15) is 23.2 Å². The van der Waals surface area contributed by atoms with Crippen LogP contribution in [0.2, 0.25) is 0 Å². The summed E-state index contributed by atoms with van der Waals surface area (Å²) < 4.78 is 32.1. The smallest absolute Gasteiger partial charge is 0.145 e. The van der Waals surface area contributed by atoms with Crippen LogP contribution in [0.15, 0.2) is 36.4 Å². The highest BCUT2D eigenvalue weighted by molar-refractivity contribution is 5.80. The lowest BCUT2D eigenvalue weighted by Crippen LogP contribution is -1.95. The van der Waals surface area contributed by atoms with Crippen LogP contribution >= 0.6 is 0 Å². The van der Waals surface area contributed by atoms with Crippen molar-refractivity contribution >= 4 is 11.0 Å². The van der Waals surface area contributed by atoms with E-state index in [2.05, 4.69) is 9.97 Å². The first-order valence-corrected chi connectivity index (χ1v) is 5.67. The fourth-order valence-electron chi connectivity index (χ4n) is 2.01. The van der Waals surface area contributed by atoms with E-state index in [9.17, 15) is 8.78 Å². The zero-order chi connectivity index (χ0) is 13.4. The first-order valence-electron chi connectivity index (χ1n) is 5.67. The third kappa shape index (κ3) is 1.93. The molecule has 3 rings (SSSR count). The van der Waals surface area contributed by atoms with E-state index in [0.717, 1.165) is 17.6 Å². The maximum absolute atomic E-state index is 13.9. The van der Waals surface area contributed by atoms with Gasteiger partial charge in [-0.25, -0.2) is 13.8 Å². The first kappa shape index (κ1) is 11.6. The quantitative estimate of drug-likeness (QED) is 0.765. The number of aromatic amines is 1. The number of benzene rings is 2. The molecule has 0 unspecified atom stereocenters. The van der Waals surface area contributed by atoms with E-state index in [0.29, 0.717) is 11.3 Å². The van der Waals surface area contributed by atoms with Gasteiger partial charge >= 0.3 is 0 Å². The van der Waals surface area contributed by atoms with Crippen LogP contribution in [0.25, 0.3) is 22.4 Å². The van der Waals surface area contributed by atoms with Gasteiger partial charge in [0.2, 0.25) is 0 Å². The normalized spacial score (nSPS) is 10.9. The number of nitrogens with one attached hydrogen (secondary N) is 1. The molecular weight excluding hydrogens is 250 g/mol. The number of para-hydroxylation sites is 2. The van der Waals surface area contributed by atoms with Crippen LogP contribution in [0.4, 0.5) is 8.78 Å². The molecule has 96 valence electrons. The number of hydrogen-bond acceptors (Lipinski definition) is 2. The van der Waals surface area contributed by atoms with Crippen molar-refractivity contribution in [1.29, 1.82) is 0 Å². The number of H-pyrrole nitrogens is 1. The number of aromatic nitrogens is 2. The molecule has 19 heavy (non-hydrogen) atoms. The molecular formula is C14H10F2N2O. The summed E-state index contributed by atoms with van der Waals surface area (Å²) in [4.78, 5) is 7.28. The number of imidazole rings is 1. The van der Waals surface area contributed by atoms with Crippen molar-refractivity contribution in [1.82, 2.24) is 9.97 Å². The van der Waals surface area contributed by atoms with Gasteiger partial charge in [0.05, 0.1) is 23.7 Å². The summed E-state index contributed by atoms with van der Waals surface area (Å²) in [7, 11) is 1.36. The monoisotopic (exact) mass is 260 g/mol. The Morgan fingerprint density at radius 3 is 2.68 bits per heavy atom. The minimum Gasteiger partial charge on any atom is -0.496 e. The highest BCUT2D eigenvalue weighted by Gasteiger charge is 2.17. The van der Waals surface area contributed by atoms with Gasteiger partial charge in [-0.15, -0.1) is 0 Å². The predicted molar refractivity (Wildman–Crippen MR) is 68.0 cm³/mol. The third-order valence-electron chi connectivity index (χ3n) is 2.86. The topological polar surface area (TPSA) is 37.9 Å². The molecule has 1 N–H and O–H groups in total. The Labute approximate surface area is 107 Å². The molecule has 3 aromatic rings. The van der Waals surface area contributed by atoms with E-state index in [1.807, 2.05) is 24.3 Å². The maximum atomic E-state index is 13.9. The molecule has 0 fully saturated rings. The molecule has 1 heterocycles. The lowest BCUT2D eigenvalue weighted by Gasteiger charge is -2.07. The number of rotatable bonds is 2. The highest BCUT2D eigenvalue weighted by atomic mass is 19.1. The van der Waals surface area contributed by atoms with E-state index in [4.69, 9.17) is 4.74 Å². The summed E-state index contributed by atoms with van der Waals surface area (Å²) in [6.45, 7) is 0. The summed E-state index contributed by atoms with van der Waals surface area (Å²) in [6.07, 6.45) is 0. The molecule has 0 radical (unpaired) electrons. The Morgan fingerprint density at radius 1 is 1.16 bits per heavy atom. The van der Waals surface area contributed by atoms with Crippen molar-refractivity contribution in [2.45, 2.75) is 0 Å². The molecule has 0 aliphatic carbocycles. The number of fused-ring (bicyclic) bond motifs is 1. The van der Waals surface area contributed by atoms with Crippen molar-refractivity contribution in [3.8, 4) is 17.1 Å². The van der Waals surface area contributed by atoms with Gasteiger partial charge < -0.3 is 9.72 Å². The van der Waals surface area contributed by atoms with Gasteiger partial charge in [-0.3, -0.25) is 0 Å². The minimum atomic E-state index is -0.712. The van der Waals surface area contributed by atoms with E-state index < -0.39 is 11.6 Å². The standard InChI is InChI=1S/C14H10F2N2O/c1-19-12-7-8(15)6-9(16)13(12)14-17-10-4-2-3-5-11(10)18-14/h2-7H,1H3,(H,17,18). The minimum absolute atomic E-state index is 0.108. The van der Waals surface area contributed by atoms with Crippen LogP contribution in [0.5, 0.6) is 5.75 Å². The molecule has 0 aliphatic heterocycles. The van der Waals surface area contributed by atoms with Gasteiger partial charge in [0.25, 0.3) is 0 Å². The molecule has 0 atom stereocenters. The molecule has 1 aromatic heterocycles. The second kappa shape index (κ2) is 4.35. The lowest BCUT2D eigenvalue weighted by atomic mass is 10.1. The van der Waals surface area contributed by atoms with E-state index >= 15 is 0 Å². The lowest BCUT2D eigenvalue weighted by molar-refractivity contribution is 0.408. The Morgan fingerprint density at radius 2 is 1.95 bits per heavy atom. The number of hydrogen-bond donors (Lipinski definition) is 1. The SMILES string of the molecule is COc1cc(F)cc(F)c1-c1nc2ccccc2[nH]1. The van der Waals surface area contributed by atoms with E-state index in [1.165, 1.54) is 7.11 Å². The molecule has 0 saturated heterocycles. The van der Waals surface area contributed by atoms with Crippen LogP contribution in [0, 0.1) is 11.6 Å². The van der Waals surface area contributed by atoms with Crippen molar-refractivity contribution in [3.63, 3.8) is 0 Å². The number of methoxy groups -OCH3 is 1. The van der Waals surface area contributed by atoms with Crippen molar-refractivity contribution in [3.05, 3.63) is 48.0 Å². The zero-order valence-electron chi connectivity index (χ0n) is 10.1. The Kier molecular flexibility index (Phi) is 2.67. The average molecular weight is 260 g/mol. The second-order valence-electron chi connectivity index (χ2n) is 4.07. The fourth-order valence-corrected chi connectivity index (χ4v) is 2.01. The van der Waals surface area contributed by atoms with E-state index in [1.54, 1.807) is 0 Å². The summed E-state index contributed by atoms with van der Waals surface area (Å²) in [6, 6.07) is 9.27. The second-order valence-corrected chi connectivity index (χ2v) is 4.07. The molecule has 5 heteroatoms. The Balaban J connectivity index is 2.26. The Hall–Kier alpha value is -2.43. The zero-order valence-corrected chi connectivity index (χ0v) is 10.1. The third-order valence-corrected chi connectivity index (χ3v) is 2.86. The van der Waals surface area contributed by atoms with E-state index in [-0.39, 0.29) is 11.3 Å². The van der Waals surface area contributed by atoms with Crippen LogP contribution in [0.3, 0.4) is 0 Å². The molecule has 0 bridgehead atoms. The van der Waals surface area contributed by atoms with Gasteiger partial charge in [-0.05, 0) is 12.1 Å². The summed E-state index contributed by atoms with van der Waals surface area (Å²) in [5.41, 5.74) is 1.62. The summed E-state index contributed by atoms with van der Waals surface area (Å²) in [5.74, 6) is -0.975. The van der Waals surface area contributed by atoms with Gasteiger partial charge in [0.15, 0.2) is 0 Å². The molecule has 0 aliphatic rings. The average Bonchev–Trinajstić information content (AvgIpc) is 2.80. The molecule has 3 nitrogen and oxygen atoms in total. The molecule has 0 saturated carbocycles. The van der Waals surface area contributed by atoms with Crippen LogP contribution in [-0.4, -0.2) is 17.1 Å². The van der Waals surface area contributed by atoms with Crippen LogP contribution in [-0.2, 0) is 0 Å². The highest BCUT2D eigenvalue weighted by Crippen LogP contribution is 2.32. The Bertz CT molecular complexity index is 719.